The molecule has 0 aliphatic rings. The van der Waals surface area contributed by atoms with Crippen molar-refractivity contribution in [2.75, 3.05) is 30.9 Å². The molecule has 1 aromatic carbocycles. The molecular formula is C21H23N3O4S. The lowest BCUT2D eigenvalue weighted by Gasteiger charge is -2.22. The normalized spacial score (nSPS) is 10.2. The first-order chi connectivity index (χ1) is 13.9. The Hall–Kier alpha value is -3.05. The van der Waals surface area contributed by atoms with Gasteiger partial charge in [-0.15, -0.1) is 0 Å². The van der Waals surface area contributed by atoms with Gasteiger partial charge >= 0.3 is 5.97 Å². The lowest BCUT2D eigenvalue weighted by molar-refractivity contribution is -0.142. The highest BCUT2D eigenvalue weighted by molar-refractivity contribution is 8.00. The van der Waals surface area contributed by atoms with Crippen LogP contribution in [-0.4, -0.2) is 42.9 Å². The number of rotatable bonds is 8. The summed E-state index contributed by atoms with van der Waals surface area (Å²) < 4.78 is 10.2. The van der Waals surface area contributed by atoms with Crippen LogP contribution >= 0.6 is 11.8 Å². The van der Waals surface area contributed by atoms with Crippen molar-refractivity contribution < 1.29 is 19.1 Å². The number of nitriles is 1. The Bertz CT molecular complexity index is 940. The number of nitrogens with zero attached hydrogens (tertiary/aromatic N) is 3. The number of hydrogen-bond donors (Lipinski definition) is 0. The molecule has 0 bridgehead atoms. The number of esters is 1. The first kappa shape index (κ1) is 22.2. The number of ether oxygens (including phenoxy) is 2. The number of benzene rings is 1. The number of aryl methyl sites for hydroxylation is 2. The maximum Gasteiger partial charge on any atom is 0.326 e. The van der Waals surface area contributed by atoms with Gasteiger partial charge in [-0.25, -0.2) is 4.98 Å². The van der Waals surface area contributed by atoms with Gasteiger partial charge in [-0.2, -0.15) is 5.26 Å². The van der Waals surface area contributed by atoms with Crippen LogP contribution in [-0.2, 0) is 14.3 Å². The summed E-state index contributed by atoms with van der Waals surface area (Å²) in [7, 11) is 1.53. The molecule has 1 aromatic heterocycles. The molecule has 8 heteroatoms. The van der Waals surface area contributed by atoms with Crippen LogP contribution in [0.5, 0.6) is 5.75 Å². The number of carbonyl (C=O) groups is 2. The Kier molecular flexibility index (Phi) is 8.04. The van der Waals surface area contributed by atoms with E-state index in [1.165, 1.54) is 23.8 Å². The smallest absolute Gasteiger partial charge is 0.326 e. The summed E-state index contributed by atoms with van der Waals surface area (Å²) in [6.07, 6.45) is 0. The molecule has 0 aliphatic carbocycles. The van der Waals surface area contributed by atoms with Crippen LogP contribution in [0.3, 0.4) is 0 Å². The molecule has 1 amide bonds. The fraction of sp³-hybridized carbons (Fsp3) is 0.333. The van der Waals surface area contributed by atoms with E-state index >= 15 is 0 Å². The maximum atomic E-state index is 13.0. The first-order valence-electron chi connectivity index (χ1n) is 9.00. The van der Waals surface area contributed by atoms with Crippen LogP contribution in [0.2, 0.25) is 0 Å². The van der Waals surface area contributed by atoms with E-state index in [0.29, 0.717) is 22.0 Å². The number of anilines is 1. The molecule has 0 unspecified atom stereocenters. The molecule has 1 heterocycles. The Morgan fingerprint density at radius 2 is 2.03 bits per heavy atom. The van der Waals surface area contributed by atoms with Crippen molar-refractivity contribution in [1.82, 2.24) is 4.98 Å². The van der Waals surface area contributed by atoms with Gasteiger partial charge in [-0.05, 0) is 44.5 Å². The van der Waals surface area contributed by atoms with Gasteiger partial charge in [-0.3, -0.25) is 9.59 Å². The molecule has 2 aromatic rings. The van der Waals surface area contributed by atoms with Crippen molar-refractivity contribution in [1.29, 1.82) is 5.26 Å². The van der Waals surface area contributed by atoms with E-state index in [-0.39, 0.29) is 24.8 Å². The highest BCUT2D eigenvalue weighted by Crippen LogP contribution is 2.26. The van der Waals surface area contributed by atoms with Gasteiger partial charge < -0.3 is 14.4 Å². The minimum Gasteiger partial charge on any atom is -0.497 e. The monoisotopic (exact) mass is 413 g/mol. The van der Waals surface area contributed by atoms with E-state index in [1.807, 2.05) is 19.9 Å². The third kappa shape index (κ3) is 5.96. The number of carbonyl (C=O) groups excluding carboxylic acids is 2. The zero-order chi connectivity index (χ0) is 21.4. The highest BCUT2D eigenvalue weighted by atomic mass is 32.2. The Morgan fingerprint density at radius 3 is 2.69 bits per heavy atom. The SMILES string of the molecule is CCOC(=O)CN(C(=O)CSc1nc(C)cc(C)c1C#N)c1cccc(OC)c1. The molecule has 0 saturated carbocycles. The topological polar surface area (TPSA) is 92.5 Å². The van der Waals surface area contributed by atoms with Crippen molar-refractivity contribution in [3.05, 3.63) is 47.2 Å². The van der Waals surface area contributed by atoms with Gasteiger partial charge in [-0.1, -0.05) is 17.8 Å². The average Bonchev–Trinajstić information content (AvgIpc) is 2.70. The maximum absolute atomic E-state index is 13.0. The second-order valence-corrected chi connectivity index (χ2v) is 7.11. The summed E-state index contributed by atoms with van der Waals surface area (Å²) in [5.74, 6) is -0.224. The summed E-state index contributed by atoms with van der Waals surface area (Å²) in [5.41, 5.74) is 2.56. The summed E-state index contributed by atoms with van der Waals surface area (Å²) >= 11 is 1.17. The van der Waals surface area contributed by atoms with Crippen LogP contribution in [0.4, 0.5) is 5.69 Å². The second-order valence-electron chi connectivity index (χ2n) is 6.15. The van der Waals surface area contributed by atoms with E-state index in [9.17, 15) is 14.9 Å². The molecule has 0 spiro atoms. The van der Waals surface area contributed by atoms with Crippen molar-refractivity contribution in [2.45, 2.75) is 25.8 Å². The zero-order valence-corrected chi connectivity index (χ0v) is 17.7. The van der Waals surface area contributed by atoms with E-state index in [4.69, 9.17) is 9.47 Å². The number of methoxy groups -OCH3 is 1. The van der Waals surface area contributed by atoms with E-state index in [2.05, 4.69) is 11.1 Å². The molecule has 7 nitrogen and oxygen atoms in total. The van der Waals surface area contributed by atoms with Crippen molar-refractivity contribution in [3.63, 3.8) is 0 Å². The van der Waals surface area contributed by atoms with Crippen LogP contribution in [0.1, 0.15) is 23.7 Å². The van der Waals surface area contributed by atoms with Crippen molar-refractivity contribution in [2.24, 2.45) is 0 Å². The Labute approximate surface area is 174 Å². The molecule has 0 atom stereocenters. The van der Waals surface area contributed by atoms with Crippen molar-refractivity contribution >= 4 is 29.3 Å². The molecule has 29 heavy (non-hydrogen) atoms. The number of hydrogen-bond acceptors (Lipinski definition) is 7. The fourth-order valence-electron chi connectivity index (χ4n) is 2.69. The molecule has 152 valence electrons. The van der Waals surface area contributed by atoms with E-state index < -0.39 is 5.97 Å². The minimum atomic E-state index is -0.504. The van der Waals surface area contributed by atoms with E-state index in [1.54, 1.807) is 31.2 Å². The van der Waals surface area contributed by atoms with Crippen LogP contribution in [0.15, 0.2) is 35.4 Å². The summed E-state index contributed by atoms with van der Waals surface area (Å²) in [5, 5.41) is 9.90. The predicted octanol–water partition coefficient (Wildman–Crippen LogP) is 3.27. The Balaban J connectivity index is 2.26. The predicted molar refractivity (Wildman–Crippen MR) is 111 cm³/mol. The standard InChI is InChI=1S/C21H23N3O4S/c1-5-28-20(26)12-24(16-7-6-8-17(10-16)27-4)19(25)13-29-21-18(11-22)14(2)9-15(3)23-21/h6-10H,5,12-13H2,1-4H3. The van der Waals surface area contributed by atoms with Gasteiger partial charge in [0.25, 0.3) is 0 Å². The minimum absolute atomic E-state index is 0.0151. The highest BCUT2D eigenvalue weighted by Gasteiger charge is 2.22. The Morgan fingerprint density at radius 1 is 1.28 bits per heavy atom. The largest absolute Gasteiger partial charge is 0.497 e. The van der Waals surface area contributed by atoms with Gasteiger partial charge in [0.1, 0.15) is 23.4 Å². The molecular weight excluding hydrogens is 390 g/mol. The van der Waals surface area contributed by atoms with Crippen LogP contribution in [0.25, 0.3) is 0 Å². The van der Waals surface area contributed by atoms with Gasteiger partial charge in [0.05, 0.1) is 25.0 Å². The molecule has 0 fully saturated rings. The number of aromatic nitrogens is 1. The fourth-order valence-corrected chi connectivity index (χ4v) is 3.66. The van der Waals surface area contributed by atoms with Gasteiger partial charge in [0, 0.05) is 17.4 Å². The quantitative estimate of drug-likeness (QED) is 0.484. The summed E-state index contributed by atoms with van der Waals surface area (Å²) in [6.45, 7) is 5.39. The molecule has 0 saturated heterocycles. The lowest BCUT2D eigenvalue weighted by Crippen LogP contribution is -2.37. The zero-order valence-electron chi connectivity index (χ0n) is 16.9. The van der Waals surface area contributed by atoms with Crippen LogP contribution in [0, 0.1) is 25.2 Å². The van der Waals surface area contributed by atoms with Gasteiger partial charge in [0.2, 0.25) is 5.91 Å². The summed E-state index contributed by atoms with van der Waals surface area (Å²) in [4.78, 5) is 30.7. The number of pyridine rings is 1. The molecule has 2 rings (SSSR count). The van der Waals surface area contributed by atoms with E-state index in [0.717, 1.165) is 11.3 Å². The third-order valence-corrected chi connectivity index (χ3v) is 4.97. The van der Waals surface area contributed by atoms with Gasteiger partial charge in [0.15, 0.2) is 0 Å². The summed E-state index contributed by atoms with van der Waals surface area (Å²) in [6, 6.07) is 10.9. The van der Waals surface area contributed by atoms with Crippen LogP contribution < -0.4 is 9.64 Å². The third-order valence-electron chi connectivity index (χ3n) is 4.01. The molecule has 0 aliphatic heterocycles. The number of thioether (sulfide) groups is 1. The second kappa shape index (κ2) is 10.5. The first-order valence-corrected chi connectivity index (χ1v) is 9.99. The van der Waals surface area contributed by atoms with Crippen molar-refractivity contribution in [3.8, 4) is 11.8 Å². The molecule has 0 radical (unpaired) electrons. The number of amides is 1. The lowest BCUT2D eigenvalue weighted by atomic mass is 10.1. The molecule has 0 N–H and O–H groups in total. The average molecular weight is 413 g/mol.